The Labute approximate surface area is 79.7 Å². The molecule has 0 aromatic carbocycles. The van der Waals surface area contributed by atoms with E-state index in [-0.39, 0.29) is 11.2 Å². The molecule has 0 aromatic rings. The molecule has 2 nitrogen and oxygen atoms in total. The van der Waals surface area contributed by atoms with Crippen molar-refractivity contribution in [1.82, 2.24) is 4.90 Å². The average Bonchev–Trinajstić information content (AvgIpc) is 2.03. The fourth-order valence-corrected chi connectivity index (χ4v) is 1.82. The van der Waals surface area contributed by atoms with Crippen molar-refractivity contribution in [2.24, 2.45) is 5.92 Å². The second-order valence-electron chi connectivity index (χ2n) is 3.71. The molecule has 1 aliphatic rings. The van der Waals surface area contributed by atoms with Crippen LogP contribution in [0.5, 0.6) is 0 Å². The van der Waals surface area contributed by atoms with Crippen molar-refractivity contribution in [3.05, 3.63) is 0 Å². The van der Waals surface area contributed by atoms with Gasteiger partial charge in [-0.1, -0.05) is 6.92 Å². The summed E-state index contributed by atoms with van der Waals surface area (Å²) in [5.41, 5.74) is 0. The Morgan fingerprint density at radius 2 is 2.33 bits per heavy atom. The Hall–Kier alpha value is -0.180. The lowest BCUT2D eigenvalue weighted by Crippen LogP contribution is -2.42. The molecule has 0 spiro atoms. The zero-order valence-corrected chi connectivity index (χ0v) is 8.68. The summed E-state index contributed by atoms with van der Waals surface area (Å²) < 4.78 is 0. The molecule has 2 unspecified atom stereocenters. The van der Waals surface area contributed by atoms with Gasteiger partial charge in [0, 0.05) is 13.1 Å². The summed E-state index contributed by atoms with van der Waals surface area (Å²) in [5.74, 6) is 0.847. The Kier molecular flexibility index (Phi) is 3.44. The van der Waals surface area contributed by atoms with Crippen molar-refractivity contribution in [2.45, 2.75) is 31.9 Å². The van der Waals surface area contributed by atoms with E-state index in [1.807, 2.05) is 11.8 Å². The molecule has 1 fully saturated rings. The lowest BCUT2D eigenvalue weighted by Gasteiger charge is -2.31. The summed E-state index contributed by atoms with van der Waals surface area (Å²) in [4.78, 5) is 13.4. The van der Waals surface area contributed by atoms with Crippen molar-refractivity contribution < 1.29 is 4.79 Å². The minimum atomic E-state index is -0.143. The van der Waals surface area contributed by atoms with Crippen LogP contribution in [-0.4, -0.2) is 29.1 Å². The van der Waals surface area contributed by atoms with Crippen molar-refractivity contribution >= 4 is 18.5 Å². The fourth-order valence-electron chi connectivity index (χ4n) is 1.65. The van der Waals surface area contributed by atoms with Gasteiger partial charge in [0.1, 0.15) is 0 Å². The minimum absolute atomic E-state index is 0.143. The lowest BCUT2D eigenvalue weighted by atomic mass is 10.0. The molecule has 0 radical (unpaired) electrons. The third kappa shape index (κ3) is 2.41. The molecule has 0 saturated carbocycles. The van der Waals surface area contributed by atoms with Gasteiger partial charge in [-0.2, -0.15) is 12.6 Å². The molecule has 1 heterocycles. The van der Waals surface area contributed by atoms with Gasteiger partial charge in [0.25, 0.3) is 0 Å². The van der Waals surface area contributed by atoms with E-state index in [2.05, 4.69) is 19.6 Å². The van der Waals surface area contributed by atoms with Gasteiger partial charge < -0.3 is 4.90 Å². The summed E-state index contributed by atoms with van der Waals surface area (Å²) in [6.07, 6.45) is 2.40. The van der Waals surface area contributed by atoms with Crippen molar-refractivity contribution in [1.29, 1.82) is 0 Å². The molecule has 12 heavy (non-hydrogen) atoms. The van der Waals surface area contributed by atoms with E-state index >= 15 is 0 Å². The van der Waals surface area contributed by atoms with Gasteiger partial charge in [0.15, 0.2) is 0 Å². The van der Waals surface area contributed by atoms with Gasteiger partial charge in [-0.25, -0.2) is 0 Å². The van der Waals surface area contributed by atoms with Crippen LogP contribution in [0.4, 0.5) is 0 Å². The maximum absolute atomic E-state index is 11.5. The first-order valence-corrected chi connectivity index (χ1v) is 5.09. The Morgan fingerprint density at radius 3 is 2.83 bits per heavy atom. The lowest BCUT2D eigenvalue weighted by molar-refractivity contribution is -0.131. The molecule has 0 aliphatic carbocycles. The number of amides is 1. The Balaban J connectivity index is 2.46. The van der Waals surface area contributed by atoms with E-state index in [9.17, 15) is 4.79 Å². The number of piperidine rings is 1. The van der Waals surface area contributed by atoms with Gasteiger partial charge in [0.05, 0.1) is 5.25 Å². The highest BCUT2D eigenvalue weighted by molar-refractivity contribution is 7.81. The second kappa shape index (κ2) is 4.17. The normalized spacial score (nSPS) is 26.9. The van der Waals surface area contributed by atoms with E-state index in [0.29, 0.717) is 5.92 Å². The van der Waals surface area contributed by atoms with Gasteiger partial charge >= 0.3 is 0 Å². The zero-order valence-electron chi connectivity index (χ0n) is 7.79. The maximum atomic E-state index is 11.5. The second-order valence-corrected chi connectivity index (χ2v) is 4.48. The van der Waals surface area contributed by atoms with Crippen LogP contribution in [0, 0.1) is 5.92 Å². The van der Waals surface area contributed by atoms with Crippen molar-refractivity contribution in [2.75, 3.05) is 13.1 Å². The van der Waals surface area contributed by atoms with Crippen LogP contribution >= 0.6 is 12.6 Å². The molecule has 1 saturated heterocycles. The highest BCUT2D eigenvalue weighted by Gasteiger charge is 2.22. The number of carbonyl (C=O) groups is 1. The topological polar surface area (TPSA) is 20.3 Å². The highest BCUT2D eigenvalue weighted by Crippen LogP contribution is 2.16. The molecule has 3 heteroatoms. The summed E-state index contributed by atoms with van der Waals surface area (Å²) in [6.45, 7) is 5.88. The molecule has 1 amide bonds. The summed E-state index contributed by atoms with van der Waals surface area (Å²) in [6, 6.07) is 0. The van der Waals surface area contributed by atoms with Crippen LogP contribution in [0.15, 0.2) is 0 Å². The number of nitrogens with zero attached hydrogens (tertiary/aromatic N) is 1. The van der Waals surface area contributed by atoms with E-state index in [4.69, 9.17) is 0 Å². The van der Waals surface area contributed by atoms with E-state index in [0.717, 1.165) is 19.5 Å². The van der Waals surface area contributed by atoms with E-state index in [1.54, 1.807) is 0 Å². The first-order valence-electron chi connectivity index (χ1n) is 4.58. The summed E-state index contributed by atoms with van der Waals surface area (Å²) >= 11 is 4.14. The number of carbonyl (C=O) groups excluding carboxylic acids is 1. The van der Waals surface area contributed by atoms with Crippen LogP contribution in [0.1, 0.15) is 26.7 Å². The highest BCUT2D eigenvalue weighted by atomic mass is 32.1. The number of rotatable bonds is 1. The molecular formula is C9H17NOS. The van der Waals surface area contributed by atoms with E-state index < -0.39 is 0 Å². The molecule has 70 valence electrons. The predicted octanol–water partition coefficient (Wildman–Crippen LogP) is 1.56. The monoisotopic (exact) mass is 187 g/mol. The Morgan fingerprint density at radius 1 is 1.67 bits per heavy atom. The predicted molar refractivity (Wildman–Crippen MR) is 53.4 cm³/mol. The van der Waals surface area contributed by atoms with E-state index in [1.165, 1.54) is 6.42 Å². The van der Waals surface area contributed by atoms with Crippen molar-refractivity contribution in [3.8, 4) is 0 Å². The van der Waals surface area contributed by atoms with Gasteiger partial charge in [-0.15, -0.1) is 0 Å². The number of hydrogen-bond acceptors (Lipinski definition) is 2. The molecule has 0 aromatic heterocycles. The summed E-state index contributed by atoms with van der Waals surface area (Å²) in [7, 11) is 0. The number of hydrogen-bond donors (Lipinski definition) is 1. The molecular weight excluding hydrogens is 170 g/mol. The first kappa shape index (κ1) is 9.90. The van der Waals surface area contributed by atoms with Crippen LogP contribution < -0.4 is 0 Å². The van der Waals surface area contributed by atoms with Gasteiger partial charge in [0.2, 0.25) is 5.91 Å². The molecule has 0 N–H and O–H groups in total. The van der Waals surface area contributed by atoms with Crippen LogP contribution in [0.2, 0.25) is 0 Å². The summed E-state index contributed by atoms with van der Waals surface area (Å²) in [5, 5.41) is -0.143. The average molecular weight is 187 g/mol. The third-order valence-electron chi connectivity index (χ3n) is 2.33. The fraction of sp³-hybridized carbons (Fsp3) is 0.889. The quantitative estimate of drug-likeness (QED) is 0.618. The van der Waals surface area contributed by atoms with Crippen LogP contribution in [-0.2, 0) is 4.79 Å². The molecule has 0 bridgehead atoms. The molecule has 2 atom stereocenters. The molecule has 1 aliphatic heterocycles. The number of likely N-dealkylation sites (tertiary alicyclic amines) is 1. The van der Waals surface area contributed by atoms with Crippen LogP contribution in [0.25, 0.3) is 0 Å². The van der Waals surface area contributed by atoms with Crippen molar-refractivity contribution in [3.63, 3.8) is 0 Å². The standard InChI is InChI=1S/C9H17NOS/c1-7-4-3-5-10(6-7)9(11)8(2)12/h7-8,12H,3-6H2,1-2H3. The zero-order chi connectivity index (χ0) is 9.14. The Bertz CT molecular complexity index is 170. The smallest absolute Gasteiger partial charge is 0.235 e. The SMILES string of the molecule is CC1CCCN(C(=O)C(C)S)C1. The van der Waals surface area contributed by atoms with Gasteiger partial charge in [-0.05, 0) is 25.7 Å². The number of thiol groups is 1. The molecule has 1 rings (SSSR count). The third-order valence-corrected chi connectivity index (χ3v) is 2.55. The van der Waals surface area contributed by atoms with Crippen LogP contribution in [0.3, 0.4) is 0 Å². The van der Waals surface area contributed by atoms with Gasteiger partial charge in [-0.3, -0.25) is 4.79 Å². The minimum Gasteiger partial charge on any atom is -0.341 e. The first-order chi connectivity index (χ1) is 5.61. The maximum Gasteiger partial charge on any atom is 0.235 e. The largest absolute Gasteiger partial charge is 0.341 e.